The number of hydrogen-bond donors (Lipinski definition) is 0. The second-order valence-electron chi connectivity index (χ2n) is 6.68. The number of nitrogens with zero attached hydrogens (tertiary/aromatic N) is 4. The predicted molar refractivity (Wildman–Crippen MR) is 101 cm³/mol. The lowest BCUT2D eigenvalue weighted by atomic mass is 9.89. The number of rotatable bonds is 4. The Hall–Kier alpha value is -3.28. The molecule has 3 aromatic rings. The SMILES string of the molecule is O=C(c1ccccc1)[C@@H]1CCCN(C(=O)c2ccccc2-n2cncn2)C1. The van der Waals surface area contributed by atoms with Crippen LogP contribution in [-0.2, 0) is 0 Å². The summed E-state index contributed by atoms with van der Waals surface area (Å²) in [5, 5.41) is 4.14. The zero-order chi connectivity index (χ0) is 18.6. The van der Waals surface area contributed by atoms with Crippen LogP contribution in [0, 0.1) is 5.92 Å². The van der Waals surface area contributed by atoms with Crippen LogP contribution in [0.2, 0.25) is 0 Å². The van der Waals surface area contributed by atoms with Crippen molar-refractivity contribution in [3.63, 3.8) is 0 Å². The summed E-state index contributed by atoms with van der Waals surface area (Å²) >= 11 is 0. The van der Waals surface area contributed by atoms with Gasteiger partial charge in [0, 0.05) is 24.6 Å². The van der Waals surface area contributed by atoms with Crippen molar-refractivity contribution >= 4 is 11.7 Å². The Labute approximate surface area is 157 Å². The molecule has 1 saturated heterocycles. The minimum absolute atomic E-state index is 0.0772. The molecule has 1 aliphatic rings. The molecule has 0 bridgehead atoms. The summed E-state index contributed by atoms with van der Waals surface area (Å²) in [5.41, 5.74) is 1.96. The molecule has 0 N–H and O–H groups in total. The van der Waals surface area contributed by atoms with E-state index in [1.54, 1.807) is 22.0 Å². The first-order chi connectivity index (χ1) is 13.2. The molecule has 0 unspecified atom stereocenters. The molecule has 0 saturated carbocycles. The van der Waals surface area contributed by atoms with E-state index in [2.05, 4.69) is 10.1 Å². The summed E-state index contributed by atoms with van der Waals surface area (Å²) < 4.78 is 1.59. The third-order valence-electron chi connectivity index (χ3n) is 4.94. The van der Waals surface area contributed by atoms with Gasteiger partial charge in [-0.05, 0) is 25.0 Å². The summed E-state index contributed by atoms with van der Waals surface area (Å²) in [7, 11) is 0. The summed E-state index contributed by atoms with van der Waals surface area (Å²) in [6.07, 6.45) is 4.64. The van der Waals surface area contributed by atoms with Gasteiger partial charge in [0.25, 0.3) is 5.91 Å². The minimum atomic E-state index is -0.163. The van der Waals surface area contributed by atoms with Crippen molar-refractivity contribution in [3.8, 4) is 5.69 Å². The normalized spacial score (nSPS) is 16.9. The number of likely N-dealkylation sites (tertiary alicyclic amines) is 1. The van der Waals surface area contributed by atoms with Crippen LogP contribution in [-0.4, -0.2) is 44.4 Å². The maximum Gasteiger partial charge on any atom is 0.256 e. The van der Waals surface area contributed by atoms with Gasteiger partial charge in [0.1, 0.15) is 12.7 Å². The maximum absolute atomic E-state index is 13.2. The number of Topliss-reactive ketones (excluding diaryl/α,β-unsaturated/α-hetero) is 1. The van der Waals surface area contributed by atoms with Gasteiger partial charge in [-0.3, -0.25) is 9.59 Å². The largest absolute Gasteiger partial charge is 0.338 e. The highest BCUT2D eigenvalue weighted by atomic mass is 16.2. The number of hydrogen-bond acceptors (Lipinski definition) is 4. The molecule has 6 heteroatoms. The van der Waals surface area contributed by atoms with Gasteiger partial charge in [-0.2, -0.15) is 5.10 Å². The predicted octanol–water partition coefficient (Wildman–Crippen LogP) is 3.00. The minimum Gasteiger partial charge on any atom is -0.338 e. The van der Waals surface area contributed by atoms with Crippen molar-refractivity contribution in [1.29, 1.82) is 0 Å². The van der Waals surface area contributed by atoms with Gasteiger partial charge in [0.05, 0.1) is 11.3 Å². The van der Waals surface area contributed by atoms with Gasteiger partial charge in [-0.25, -0.2) is 9.67 Å². The van der Waals surface area contributed by atoms with Gasteiger partial charge < -0.3 is 4.90 Å². The maximum atomic E-state index is 13.2. The molecule has 0 aliphatic carbocycles. The molecule has 1 aliphatic heterocycles. The fourth-order valence-corrected chi connectivity index (χ4v) is 3.57. The monoisotopic (exact) mass is 360 g/mol. The third-order valence-corrected chi connectivity index (χ3v) is 4.94. The molecule has 1 aromatic heterocycles. The smallest absolute Gasteiger partial charge is 0.256 e. The van der Waals surface area contributed by atoms with E-state index in [1.807, 2.05) is 48.5 Å². The molecule has 1 fully saturated rings. The topological polar surface area (TPSA) is 68.1 Å². The van der Waals surface area contributed by atoms with Crippen molar-refractivity contribution in [2.45, 2.75) is 12.8 Å². The average Bonchev–Trinajstić information content (AvgIpc) is 3.28. The van der Waals surface area contributed by atoms with Crippen LogP contribution >= 0.6 is 0 Å². The molecule has 6 nitrogen and oxygen atoms in total. The lowest BCUT2D eigenvalue weighted by molar-refractivity contribution is 0.0637. The van der Waals surface area contributed by atoms with Crippen molar-refractivity contribution in [3.05, 3.63) is 78.4 Å². The summed E-state index contributed by atoms with van der Waals surface area (Å²) in [5.74, 6) is -0.132. The highest BCUT2D eigenvalue weighted by Gasteiger charge is 2.30. The fraction of sp³-hybridized carbons (Fsp3) is 0.238. The highest BCUT2D eigenvalue weighted by molar-refractivity contribution is 6.00. The first-order valence-electron chi connectivity index (χ1n) is 9.06. The molecule has 2 aromatic carbocycles. The Balaban J connectivity index is 1.56. The van der Waals surface area contributed by atoms with Gasteiger partial charge in [0.2, 0.25) is 0 Å². The fourth-order valence-electron chi connectivity index (χ4n) is 3.57. The van der Waals surface area contributed by atoms with Gasteiger partial charge in [-0.1, -0.05) is 42.5 Å². The standard InChI is InChI=1S/C21H20N4O2/c26-20(16-7-2-1-3-8-16)17-9-6-12-24(13-17)21(27)18-10-4-5-11-19(18)25-15-22-14-23-25/h1-5,7-8,10-11,14-15,17H,6,9,12-13H2/t17-/m1/s1. The highest BCUT2D eigenvalue weighted by Crippen LogP contribution is 2.24. The van der Waals surface area contributed by atoms with Crippen LogP contribution in [0.1, 0.15) is 33.6 Å². The first-order valence-corrected chi connectivity index (χ1v) is 9.06. The Morgan fingerprint density at radius 2 is 1.78 bits per heavy atom. The summed E-state index contributed by atoms with van der Waals surface area (Å²) in [4.78, 5) is 31.7. The molecule has 1 atom stereocenters. The average molecular weight is 360 g/mol. The summed E-state index contributed by atoms with van der Waals surface area (Å²) in [6, 6.07) is 16.7. The molecule has 1 amide bonds. The Kier molecular flexibility index (Phi) is 4.78. The van der Waals surface area contributed by atoms with Crippen LogP contribution < -0.4 is 0 Å². The Morgan fingerprint density at radius 3 is 2.56 bits per heavy atom. The number of benzene rings is 2. The quantitative estimate of drug-likeness (QED) is 0.671. The van der Waals surface area contributed by atoms with E-state index < -0.39 is 0 Å². The molecule has 2 heterocycles. The number of carbonyl (C=O) groups is 2. The van der Waals surface area contributed by atoms with Crippen LogP contribution in [0.25, 0.3) is 5.69 Å². The van der Waals surface area contributed by atoms with Crippen molar-refractivity contribution in [2.75, 3.05) is 13.1 Å². The number of para-hydroxylation sites is 1. The first kappa shape index (κ1) is 17.1. The molecule has 0 spiro atoms. The van der Waals surface area contributed by atoms with Crippen LogP contribution in [0.15, 0.2) is 67.3 Å². The van der Waals surface area contributed by atoms with E-state index in [-0.39, 0.29) is 17.6 Å². The zero-order valence-corrected chi connectivity index (χ0v) is 14.9. The Bertz CT molecular complexity index is 938. The third kappa shape index (κ3) is 3.51. The number of piperidine rings is 1. The zero-order valence-electron chi connectivity index (χ0n) is 14.9. The molecular formula is C21H20N4O2. The van der Waals surface area contributed by atoms with E-state index in [9.17, 15) is 9.59 Å². The second kappa shape index (κ2) is 7.53. The van der Waals surface area contributed by atoms with E-state index >= 15 is 0 Å². The second-order valence-corrected chi connectivity index (χ2v) is 6.68. The Morgan fingerprint density at radius 1 is 1.00 bits per heavy atom. The lowest BCUT2D eigenvalue weighted by Gasteiger charge is -2.32. The van der Waals surface area contributed by atoms with Crippen LogP contribution in [0.5, 0.6) is 0 Å². The molecule has 0 radical (unpaired) electrons. The van der Waals surface area contributed by atoms with Crippen LogP contribution in [0.3, 0.4) is 0 Å². The van der Waals surface area contributed by atoms with Crippen molar-refractivity contribution in [2.24, 2.45) is 5.92 Å². The number of aromatic nitrogens is 3. The van der Waals surface area contributed by atoms with Crippen molar-refractivity contribution in [1.82, 2.24) is 19.7 Å². The van der Waals surface area contributed by atoms with Gasteiger partial charge in [-0.15, -0.1) is 0 Å². The molecule has 136 valence electrons. The lowest BCUT2D eigenvalue weighted by Crippen LogP contribution is -2.42. The van der Waals surface area contributed by atoms with E-state index in [0.717, 1.165) is 12.8 Å². The van der Waals surface area contributed by atoms with E-state index in [4.69, 9.17) is 0 Å². The molecule has 4 rings (SSSR count). The van der Waals surface area contributed by atoms with Gasteiger partial charge in [0.15, 0.2) is 5.78 Å². The van der Waals surface area contributed by atoms with E-state index in [1.165, 1.54) is 6.33 Å². The summed E-state index contributed by atoms with van der Waals surface area (Å²) in [6.45, 7) is 1.10. The van der Waals surface area contributed by atoms with Crippen LogP contribution in [0.4, 0.5) is 0 Å². The van der Waals surface area contributed by atoms with Gasteiger partial charge >= 0.3 is 0 Å². The number of ketones is 1. The number of carbonyl (C=O) groups excluding carboxylic acids is 2. The molecule has 27 heavy (non-hydrogen) atoms. The molecular weight excluding hydrogens is 340 g/mol. The van der Waals surface area contributed by atoms with Crippen molar-refractivity contribution < 1.29 is 9.59 Å². The van der Waals surface area contributed by atoms with E-state index in [0.29, 0.717) is 29.9 Å². The number of amides is 1.